The Labute approximate surface area is 142 Å². The molecule has 1 fully saturated rings. The Morgan fingerprint density at radius 1 is 1.19 bits per heavy atom. The molecule has 2 rings (SSSR count). The van der Waals surface area contributed by atoms with E-state index in [1.807, 2.05) is 43.0 Å². The van der Waals surface area contributed by atoms with Crippen LogP contribution >= 0.6 is 34.4 Å². The van der Waals surface area contributed by atoms with Gasteiger partial charge in [-0.1, -0.05) is 26.0 Å². The largest absolute Gasteiger partial charge is 0.294 e. The Morgan fingerprint density at radius 2 is 1.81 bits per heavy atom. The molecule has 21 heavy (non-hydrogen) atoms. The topological polar surface area (TPSA) is 40.6 Å². The molecule has 1 aromatic carbocycles. The van der Waals surface area contributed by atoms with Crippen molar-refractivity contribution in [2.24, 2.45) is 0 Å². The highest BCUT2D eigenvalue weighted by molar-refractivity contribution is 14.1. The Morgan fingerprint density at radius 3 is 2.38 bits per heavy atom. The molecule has 0 bridgehead atoms. The quantitative estimate of drug-likeness (QED) is 0.543. The van der Waals surface area contributed by atoms with Crippen molar-refractivity contribution >= 4 is 51.6 Å². The molecule has 0 atom stereocenters. The summed E-state index contributed by atoms with van der Waals surface area (Å²) in [5.74, 6) is -0.199. The highest BCUT2D eigenvalue weighted by atomic mass is 127. The fourth-order valence-corrected chi connectivity index (χ4v) is 3.15. The number of carbonyl (C=O) groups excluding carboxylic acids is 2. The first kappa shape index (κ1) is 16.5. The zero-order chi connectivity index (χ0) is 15.4. The molecule has 2 amide bonds. The van der Waals surface area contributed by atoms with E-state index in [0.29, 0.717) is 11.6 Å². The van der Waals surface area contributed by atoms with Gasteiger partial charge in [0.2, 0.25) is 0 Å². The fourth-order valence-electron chi connectivity index (χ4n) is 1.96. The van der Waals surface area contributed by atoms with Crippen LogP contribution in [0.4, 0.5) is 4.79 Å². The molecule has 4 nitrogen and oxygen atoms in total. The van der Waals surface area contributed by atoms with E-state index >= 15 is 0 Å². The molecule has 0 aliphatic carbocycles. The van der Waals surface area contributed by atoms with Gasteiger partial charge in [-0.25, -0.2) is 0 Å². The van der Waals surface area contributed by atoms with E-state index in [1.54, 1.807) is 6.08 Å². The Hall–Kier alpha value is -0.860. The molecule has 112 valence electrons. The number of benzene rings is 1. The summed E-state index contributed by atoms with van der Waals surface area (Å²) in [4.78, 5) is 28.2. The molecule has 1 aliphatic heterocycles. The lowest BCUT2D eigenvalue weighted by Crippen LogP contribution is -2.40. The summed E-state index contributed by atoms with van der Waals surface area (Å²) in [5, 5.41) is -0.191. The van der Waals surface area contributed by atoms with Gasteiger partial charge in [0.1, 0.15) is 0 Å². The number of hydrogen-bond donors (Lipinski definition) is 0. The van der Waals surface area contributed by atoms with E-state index in [2.05, 4.69) is 22.6 Å². The van der Waals surface area contributed by atoms with Crippen LogP contribution in [0.2, 0.25) is 0 Å². The first-order chi connectivity index (χ1) is 10.0. The van der Waals surface area contributed by atoms with Gasteiger partial charge in [0.15, 0.2) is 0 Å². The molecular formula is C15H17IN2O2S. The summed E-state index contributed by atoms with van der Waals surface area (Å²) in [6, 6.07) is 7.85. The second kappa shape index (κ2) is 7.42. The predicted octanol–water partition coefficient (Wildman–Crippen LogP) is 3.63. The minimum atomic E-state index is -0.199. The van der Waals surface area contributed by atoms with Crippen LogP contribution in [0.5, 0.6) is 0 Å². The van der Waals surface area contributed by atoms with E-state index in [0.717, 1.165) is 34.0 Å². The number of amides is 2. The lowest BCUT2D eigenvalue weighted by molar-refractivity contribution is -0.124. The third-order valence-corrected chi connectivity index (χ3v) is 4.90. The molecule has 1 aliphatic rings. The molecule has 0 radical (unpaired) electrons. The van der Waals surface area contributed by atoms with Crippen LogP contribution in [0.1, 0.15) is 19.4 Å². The second-order valence-corrected chi connectivity index (χ2v) is 6.84. The Balaban J connectivity index is 2.15. The number of nitrogens with zero attached hydrogens (tertiary/aromatic N) is 2. The minimum absolute atomic E-state index is 0.191. The van der Waals surface area contributed by atoms with Crippen molar-refractivity contribution in [3.8, 4) is 0 Å². The van der Waals surface area contributed by atoms with Gasteiger partial charge in [-0.15, -0.1) is 0 Å². The minimum Gasteiger partial charge on any atom is -0.286 e. The zero-order valence-corrected chi connectivity index (χ0v) is 15.0. The van der Waals surface area contributed by atoms with Gasteiger partial charge < -0.3 is 0 Å². The molecule has 1 heterocycles. The van der Waals surface area contributed by atoms with Crippen molar-refractivity contribution in [3.05, 3.63) is 38.3 Å². The van der Waals surface area contributed by atoms with Crippen LogP contribution in [0.15, 0.2) is 29.2 Å². The molecular weight excluding hydrogens is 399 g/mol. The molecule has 0 unspecified atom stereocenters. The van der Waals surface area contributed by atoms with Crippen molar-refractivity contribution in [1.29, 1.82) is 0 Å². The number of hydrogen-bond acceptors (Lipinski definition) is 4. The molecule has 1 saturated heterocycles. The smallest absolute Gasteiger partial charge is 0.286 e. The van der Waals surface area contributed by atoms with Crippen LogP contribution < -0.4 is 0 Å². The summed E-state index contributed by atoms with van der Waals surface area (Å²) in [7, 11) is 0. The van der Waals surface area contributed by atoms with Gasteiger partial charge in [-0.2, -0.15) is 0 Å². The Kier molecular flexibility index (Phi) is 5.83. The average molecular weight is 416 g/mol. The SMILES string of the molecule is CCN(CC)CN1C(=O)S/C(=C/c2ccc(I)cc2)C1=O. The van der Waals surface area contributed by atoms with Gasteiger partial charge >= 0.3 is 0 Å². The predicted molar refractivity (Wildman–Crippen MR) is 94.8 cm³/mol. The Bertz CT molecular complexity index is 568. The second-order valence-electron chi connectivity index (χ2n) is 4.61. The van der Waals surface area contributed by atoms with Crippen molar-refractivity contribution in [3.63, 3.8) is 0 Å². The maximum atomic E-state index is 12.3. The zero-order valence-electron chi connectivity index (χ0n) is 12.0. The number of thioether (sulfide) groups is 1. The average Bonchev–Trinajstić information content (AvgIpc) is 2.74. The van der Waals surface area contributed by atoms with Gasteiger partial charge in [-0.05, 0) is 71.2 Å². The van der Waals surface area contributed by atoms with Crippen LogP contribution in [-0.2, 0) is 4.79 Å². The lowest BCUT2D eigenvalue weighted by atomic mass is 10.2. The van der Waals surface area contributed by atoms with E-state index in [9.17, 15) is 9.59 Å². The monoisotopic (exact) mass is 416 g/mol. The van der Waals surface area contributed by atoms with Crippen LogP contribution in [0.3, 0.4) is 0 Å². The molecule has 0 N–H and O–H groups in total. The highest BCUT2D eigenvalue weighted by Gasteiger charge is 2.35. The van der Waals surface area contributed by atoms with Gasteiger partial charge in [-0.3, -0.25) is 19.4 Å². The first-order valence-electron chi connectivity index (χ1n) is 6.78. The normalized spacial score (nSPS) is 17.3. The fraction of sp³-hybridized carbons (Fsp3) is 0.333. The van der Waals surface area contributed by atoms with E-state index in [4.69, 9.17) is 0 Å². The van der Waals surface area contributed by atoms with Crippen LogP contribution in [0, 0.1) is 3.57 Å². The number of carbonyl (C=O) groups is 2. The van der Waals surface area contributed by atoms with Crippen LogP contribution in [0.25, 0.3) is 6.08 Å². The van der Waals surface area contributed by atoms with Gasteiger partial charge in [0, 0.05) is 3.57 Å². The third-order valence-electron chi connectivity index (χ3n) is 3.28. The third kappa shape index (κ3) is 4.08. The van der Waals surface area contributed by atoms with Crippen molar-refractivity contribution < 1.29 is 9.59 Å². The van der Waals surface area contributed by atoms with E-state index in [1.165, 1.54) is 4.90 Å². The van der Waals surface area contributed by atoms with Crippen molar-refractivity contribution in [2.75, 3.05) is 19.8 Å². The molecule has 6 heteroatoms. The summed E-state index contributed by atoms with van der Waals surface area (Å²) < 4.78 is 1.14. The molecule has 1 aromatic rings. The maximum absolute atomic E-state index is 12.3. The molecule has 0 spiro atoms. The molecule has 0 saturated carbocycles. The lowest BCUT2D eigenvalue weighted by Gasteiger charge is -2.23. The van der Waals surface area contributed by atoms with E-state index < -0.39 is 0 Å². The number of halogens is 1. The first-order valence-corrected chi connectivity index (χ1v) is 8.68. The van der Waals surface area contributed by atoms with Crippen molar-refractivity contribution in [1.82, 2.24) is 9.80 Å². The van der Waals surface area contributed by atoms with Gasteiger partial charge in [0.25, 0.3) is 11.1 Å². The van der Waals surface area contributed by atoms with Crippen molar-refractivity contribution in [2.45, 2.75) is 13.8 Å². The number of imide groups is 1. The van der Waals surface area contributed by atoms with Crippen LogP contribution in [-0.4, -0.2) is 40.7 Å². The standard InChI is InChI=1S/C15H17IN2O2S/c1-3-17(4-2)10-18-14(19)13(21-15(18)20)9-11-5-7-12(16)8-6-11/h5-9H,3-4,10H2,1-2H3/b13-9+. The maximum Gasteiger partial charge on any atom is 0.294 e. The molecule has 0 aromatic heterocycles. The van der Waals surface area contributed by atoms with E-state index in [-0.39, 0.29) is 11.1 Å². The summed E-state index contributed by atoms with van der Waals surface area (Å²) in [6.07, 6.45) is 1.78. The number of rotatable bonds is 5. The summed E-state index contributed by atoms with van der Waals surface area (Å²) in [5.41, 5.74) is 0.934. The summed E-state index contributed by atoms with van der Waals surface area (Å²) in [6.45, 7) is 6.03. The highest BCUT2D eigenvalue weighted by Crippen LogP contribution is 2.32. The van der Waals surface area contributed by atoms with Gasteiger partial charge in [0.05, 0.1) is 11.6 Å². The summed E-state index contributed by atoms with van der Waals surface area (Å²) >= 11 is 3.25.